The largest absolute Gasteiger partial charge is 0.342 e. The van der Waals surface area contributed by atoms with E-state index in [1.807, 2.05) is 4.90 Å². The molecule has 0 radical (unpaired) electrons. The Kier molecular flexibility index (Phi) is 5.11. The standard InChI is InChI=1S/C18H22F2N2O2/c19-15-8-7-14(11-16(15)20)21-17(23)12-3-5-13(6-4-12)18(24)22-9-1-2-10-22/h7-8,11-13H,1-6,9-10H2,(H,21,23). The van der Waals surface area contributed by atoms with E-state index in [4.69, 9.17) is 0 Å². The van der Waals surface area contributed by atoms with Crippen molar-refractivity contribution in [1.29, 1.82) is 0 Å². The molecule has 2 aliphatic rings. The number of hydrogen-bond acceptors (Lipinski definition) is 2. The van der Waals surface area contributed by atoms with Crippen molar-refractivity contribution in [2.45, 2.75) is 38.5 Å². The number of carbonyl (C=O) groups is 2. The lowest BCUT2D eigenvalue weighted by Gasteiger charge is -2.29. The molecular weight excluding hydrogens is 314 g/mol. The minimum atomic E-state index is -0.979. The van der Waals surface area contributed by atoms with E-state index in [-0.39, 0.29) is 29.3 Å². The summed E-state index contributed by atoms with van der Waals surface area (Å²) in [4.78, 5) is 26.6. The Morgan fingerprint density at radius 1 is 0.958 bits per heavy atom. The first-order valence-electron chi connectivity index (χ1n) is 8.59. The minimum Gasteiger partial charge on any atom is -0.342 e. The molecule has 24 heavy (non-hydrogen) atoms. The van der Waals surface area contributed by atoms with Gasteiger partial charge in [0.05, 0.1) is 0 Å². The van der Waals surface area contributed by atoms with Gasteiger partial charge in [-0.05, 0) is 50.7 Å². The molecule has 1 heterocycles. The Hall–Kier alpha value is -1.98. The number of halogens is 2. The smallest absolute Gasteiger partial charge is 0.227 e. The quantitative estimate of drug-likeness (QED) is 0.920. The third-order valence-electron chi connectivity index (χ3n) is 5.05. The zero-order chi connectivity index (χ0) is 17.1. The molecule has 1 aliphatic heterocycles. The Morgan fingerprint density at radius 2 is 1.58 bits per heavy atom. The van der Waals surface area contributed by atoms with Crippen molar-refractivity contribution in [2.24, 2.45) is 11.8 Å². The molecule has 0 spiro atoms. The van der Waals surface area contributed by atoms with Gasteiger partial charge in [-0.2, -0.15) is 0 Å². The molecule has 4 nitrogen and oxygen atoms in total. The highest BCUT2D eigenvalue weighted by Gasteiger charge is 2.32. The summed E-state index contributed by atoms with van der Waals surface area (Å²) in [5.41, 5.74) is 0.258. The van der Waals surface area contributed by atoms with Gasteiger partial charge < -0.3 is 10.2 Å². The maximum absolute atomic E-state index is 13.2. The highest BCUT2D eigenvalue weighted by Crippen LogP contribution is 2.31. The Bertz CT molecular complexity index is 621. The van der Waals surface area contributed by atoms with Gasteiger partial charge in [0.2, 0.25) is 11.8 Å². The second-order valence-corrected chi connectivity index (χ2v) is 6.70. The first-order chi connectivity index (χ1) is 11.5. The van der Waals surface area contributed by atoms with Gasteiger partial charge in [0, 0.05) is 36.7 Å². The van der Waals surface area contributed by atoms with E-state index in [9.17, 15) is 18.4 Å². The van der Waals surface area contributed by atoms with Gasteiger partial charge in [-0.15, -0.1) is 0 Å². The van der Waals surface area contributed by atoms with Crippen molar-refractivity contribution in [3.8, 4) is 0 Å². The zero-order valence-corrected chi connectivity index (χ0v) is 13.6. The van der Waals surface area contributed by atoms with Crippen LogP contribution in [0.15, 0.2) is 18.2 Å². The topological polar surface area (TPSA) is 49.4 Å². The van der Waals surface area contributed by atoms with Crippen molar-refractivity contribution >= 4 is 17.5 Å². The molecule has 6 heteroatoms. The average molecular weight is 336 g/mol. The summed E-state index contributed by atoms with van der Waals surface area (Å²) in [6.45, 7) is 1.71. The second kappa shape index (κ2) is 7.28. The molecule has 1 aromatic carbocycles. The fourth-order valence-electron chi connectivity index (χ4n) is 3.62. The number of anilines is 1. The second-order valence-electron chi connectivity index (χ2n) is 6.70. The van der Waals surface area contributed by atoms with E-state index in [0.29, 0.717) is 25.7 Å². The number of rotatable bonds is 3. The van der Waals surface area contributed by atoms with E-state index >= 15 is 0 Å². The molecule has 3 rings (SSSR count). The van der Waals surface area contributed by atoms with Crippen molar-refractivity contribution in [2.75, 3.05) is 18.4 Å². The third-order valence-corrected chi connectivity index (χ3v) is 5.05. The maximum Gasteiger partial charge on any atom is 0.227 e. The minimum absolute atomic E-state index is 0.0235. The van der Waals surface area contributed by atoms with E-state index in [1.54, 1.807) is 0 Å². The van der Waals surface area contributed by atoms with Crippen LogP contribution in [0, 0.1) is 23.5 Å². The zero-order valence-electron chi connectivity index (χ0n) is 13.6. The fraction of sp³-hybridized carbons (Fsp3) is 0.556. The lowest BCUT2D eigenvalue weighted by Crippen LogP contribution is -2.37. The first-order valence-corrected chi connectivity index (χ1v) is 8.59. The summed E-state index contributed by atoms with van der Waals surface area (Å²) in [7, 11) is 0. The van der Waals surface area contributed by atoms with Crippen LogP contribution >= 0.6 is 0 Å². The van der Waals surface area contributed by atoms with Gasteiger partial charge in [-0.25, -0.2) is 8.78 Å². The fourth-order valence-corrected chi connectivity index (χ4v) is 3.62. The van der Waals surface area contributed by atoms with Crippen LogP contribution in [0.3, 0.4) is 0 Å². The highest BCUT2D eigenvalue weighted by atomic mass is 19.2. The Balaban J connectivity index is 1.51. The predicted molar refractivity (Wildman–Crippen MR) is 86.2 cm³/mol. The molecule has 0 unspecified atom stereocenters. The molecule has 1 aromatic rings. The average Bonchev–Trinajstić information content (AvgIpc) is 3.12. The predicted octanol–water partition coefficient (Wildman–Crippen LogP) is 3.33. The molecule has 1 aliphatic carbocycles. The van der Waals surface area contributed by atoms with Crippen LogP contribution in [0.4, 0.5) is 14.5 Å². The van der Waals surface area contributed by atoms with Crippen LogP contribution in [-0.2, 0) is 9.59 Å². The normalized spacial score (nSPS) is 24.0. The lowest BCUT2D eigenvalue weighted by molar-refractivity contribution is -0.136. The monoisotopic (exact) mass is 336 g/mol. The summed E-state index contributed by atoms with van der Waals surface area (Å²) < 4.78 is 26.1. The molecule has 1 N–H and O–H groups in total. The molecule has 2 amide bonds. The molecule has 1 saturated carbocycles. The van der Waals surface area contributed by atoms with Gasteiger partial charge >= 0.3 is 0 Å². The van der Waals surface area contributed by atoms with Gasteiger partial charge in [0.1, 0.15) is 0 Å². The van der Waals surface area contributed by atoms with Gasteiger partial charge in [-0.3, -0.25) is 9.59 Å². The number of nitrogens with zero attached hydrogens (tertiary/aromatic N) is 1. The van der Waals surface area contributed by atoms with Gasteiger partial charge in [0.25, 0.3) is 0 Å². The summed E-state index contributed by atoms with van der Waals surface area (Å²) in [6, 6.07) is 3.32. The van der Waals surface area contributed by atoms with Crippen molar-refractivity contribution in [3.63, 3.8) is 0 Å². The Morgan fingerprint density at radius 3 is 2.21 bits per heavy atom. The SMILES string of the molecule is O=C(Nc1ccc(F)c(F)c1)C1CCC(C(=O)N2CCCC2)CC1. The van der Waals surface area contributed by atoms with Crippen LogP contribution in [-0.4, -0.2) is 29.8 Å². The highest BCUT2D eigenvalue weighted by molar-refractivity contribution is 5.92. The summed E-state index contributed by atoms with van der Waals surface area (Å²) >= 11 is 0. The van der Waals surface area contributed by atoms with E-state index in [1.165, 1.54) is 6.07 Å². The third kappa shape index (κ3) is 3.74. The summed E-state index contributed by atoms with van der Waals surface area (Å²) in [5.74, 6) is -2.03. The molecule has 0 aromatic heterocycles. The van der Waals surface area contributed by atoms with Gasteiger partial charge in [-0.1, -0.05) is 0 Å². The van der Waals surface area contributed by atoms with E-state index in [0.717, 1.165) is 38.1 Å². The van der Waals surface area contributed by atoms with Crippen LogP contribution in [0.2, 0.25) is 0 Å². The number of likely N-dealkylation sites (tertiary alicyclic amines) is 1. The molecule has 0 atom stereocenters. The molecule has 2 fully saturated rings. The van der Waals surface area contributed by atoms with Gasteiger partial charge in [0.15, 0.2) is 11.6 Å². The first kappa shape index (κ1) is 16.9. The van der Waals surface area contributed by atoms with Crippen LogP contribution < -0.4 is 5.32 Å². The summed E-state index contributed by atoms with van der Waals surface area (Å²) in [5, 5.41) is 2.64. The number of nitrogens with one attached hydrogen (secondary N) is 1. The molecule has 1 saturated heterocycles. The van der Waals surface area contributed by atoms with E-state index < -0.39 is 11.6 Å². The van der Waals surface area contributed by atoms with Crippen LogP contribution in [0.5, 0.6) is 0 Å². The van der Waals surface area contributed by atoms with Crippen molar-refractivity contribution in [3.05, 3.63) is 29.8 Å². The maximum atomic E-state index is 13.2. The van der Waals surface area contributed by atoms with Crippen LogP contribution in [0.25, 0.3) is 0 Å². The number of amides is 2. The Labute approximate surface area is 140 Å². The lowest BCUT2D eigenvalue weighted by atomic mass is 9.81. The molecule has 130 valence electrons. The number of hydrogen-bond donors (Lipinski definition) is 1. The van der Waals surface area contributed by atoms with Crippen LogP contribution in [0.1, 0.15) is 38.5 Å². The summed E-state index contributed by atoms with van der Waals surface area (Å²) in [6.07, 6.45) is 4.89. The van der Waals surface area contributed by atoms with Crippen molar-refractivity contribution in [1.82, 2.24) is 4.90 Å². The number of benzene rings is 1. The molecular formula is C18H22F2N2O2. The van der Waals surface area contributed by atoms with Crippen molar-refractivity contribution < 1.29 is 18.4 Å². The van der Waals surface area contributed by atoms with E-state index in [2.05, 4.69) is 5.32 Å². The number of carbonyl (C=O) groups excluding carboxylic acids is 2. The molecule has 0 bridgehead atoms.